The van der Waals surface area contributed by atoms with Crippen LogP contribution in [0.4, 0.5) is 0 Å². The van der Waals surface area contributed by atoms with Crippen LogP contribution in [-0.4, -0.2) is 21.9 Å². The Hall–Kier alpha value is -1.69. The number of aromatic amines is 1. The van der Waals surface area contributed by atoms with Crippen molar-refractivity contribution >= 4 is 27.5 Å². The van der Waals surface area contributed by atoms with Crippen LogP contribution in [0, 0.1) is 11.3 Å². The second-order valence-electron chi connectivity index (χ2n) is 9.90. The zero-order valence-corrected chi connectivity index (χ0v) is 18.7. The Morgan fingerprint density at radius 1 is 1.21 bits per heavy atom. The summed E-state index contributed by atoms with van der Waals surface area (Å²) in [7, 11) is 0. The molecule has 0 aromatic carbocycles. The van der Waals surface area contributed by atoms with Gasteiger partial charge in [0.05, 0.1) is 5.39 Å². The summed E-state index contributed by atoms with van der Waals surface area (Å²) in [4.78, 5) is 34.9. The third-order valence-electron chi connectivity index (χ3n) is 6.75. The standard InChI is InChI=1S/C23H33N3O2S/c1-23(2,3)14-9-10-16-17(13-14)29-22-20(16)21(28)25-18(26-22)11-12-19(27)24-15-7-5-4-6-8-15/h14-15H,4-13H2,1-3H3,(H,24,27)(H,25,26,28)/t14-/m0/s1. The summed E-state index contributed by atoms with van der Waals surface area (Å²) in [6.07, 6.45) is 9.85. The number of amides is 1. The number of nitrogens with zero attached hydrogens (tertiary/aromatic N) is 1. The first-order chi connectivity index (χ1) is 13.8. The summed E-state index contributed by atoms with van der Waals surface area (Å²) >= 11 is 1.68. The first kappa shape index (κ1) is 20.6. The van der Waals surface area contributed by atoms with Gasteiger partial charge in [-0.25, -0.2) is 4.98 Å². The molecule has 0 bridgehead atoms. The molecule has 0 spiro atoms. The Balaban J connectivity index is 1.46. The fourth-order valence-corrected chi connectivity index (χ4v) is 6.18. The number of aryl methyl sites for hydroxylation is 2. The number of thiophene rings is 1. The van der Waals surface area contributed by atoms with Gasteiger partial charge in [0, 0.05) is 23.8 Å². The SMILES string of the molecule is CC(C)(C)[C@H]1CCc2c(sc3nc(CCC(=O)NC4CCCCC4)[nH]c(=O)c23)C1. The molecular weight excluding hydrogens is 382 g/mol. The second kappa shape index (κ2) is 8.21. The van der Waals surface area contributed by atoms with Crippen molar-refractivity contribution in [2.45, 2.75) is 91.0 Å². The van der Waals surface area contributed by atoms with Gasteiger partial charge in [0.1, 0.15) is 10.7 Å². The predicted octanol–water partition coefficient (Wildman–Crippen LogP) is 4.52. The van der Waals surface area contributed by atoms with Crippen molar-refractivity contribution in [3.63, 3.8) is 0 Å². The van der Waals surface area contributed by atoms with Crippen molar-refractivity contribution in [3.05, 3.63) is 26.6 Å². The number of hydrogen-bond donors (Lipinski definition) is 2. The Labute approximate surface area is 176 Å². The highest BCUT2D eigenvalue weighted by molar-refractivity contribution is 7.18. The van der Waals surface area contributed by atoms with Crippen molar-refractivity contribution in [1.82, 2.24) is 15.3 Å². The first-order valence-electron chi connectivity index (χ1n) is 11.1. The zero-order chi connectivity index (χ0) is 20.6. The fraction of sp³-hybridized carbons (Fsp3) is 0.696. The van der Waals surface area contributed by atoms with Gasteiger partial charge in [-0.1, -0.05) is 40.0 Å². The summed E-state index contributed by atoms with van der Waals surface area (Å²) in [5.41, 5.74) is 1.45. The molecular formula is C23H33N3O2S. The van der Waals surface area contributed by atoms with E-state index in [1.54, 1.807) is 11.3 Å². The van der Waals surface area contributed by atoms with Crippen LogP contribution in [0.15, 0.2) is 4.79 Å². The van der Waals surface area contributed by atoms with Gasteiger partial charge in [0.2, 0.25) is 5.91 Å². The molecule has 1 fully saturated rings. The van der Waals surface area contributed by atoms with E-state index in [0.29, 0.717) is 30.6 Å². The van der Waals surface area contributed by atoms with Gasteiger partial charge < -0.3 is 10.3 Å². The van der Waals surface area contributed by atoms with Crippen LogP contribution in [0.2, 0.25) is 0 Å². The average molecular weight is 416 g/mol. The fourth-order valence-electron chi connectivity index (χ4n) is 4.86. The molecule has 2 aliphatic rings. The quantitative estimate of drug-likeness (QED) is 0.771. The molecule has 29 heavy (non-hydrogen) atoms. The largest absolute Gasteiger partial charge is 0.353 e. The maximum Gasteiger partial charge on any atom is 0.259 e. The second-order valence-corrected chi connectivity index (χ2v) is 11.0. The van der Waals surface area contributed by atoms with E-state index in [1.807, 2.05) is 0 Å². The van der Waals surface area contributed by atoms with Crippen LogP contribution in [-0.2, 0) is 24.1 Å². The number of hydrogen-bond acceptors (Lipinski definition) is 4. The molecule has 2 N–H and O–H groups in total. The van der Waals surface area contributed by atoms with E-state index in [9.17, 15) is 9.59 Å². The summed E-state index contributed by atoms with van der Waals surface area (Å²) in [5.74, 6) is 1.34. The lowest BCUT2D eigenvalue weighted by molar-refractivity contribution is -0.122. The monoisotopic (exact) mass is 415 g/mol. The molecule has 0 aliphatic heterocycles. The molecule has 4 rings (SSSR count). The molecule has 0 radical (unpaired) electrons. The van der Waals surface area contributed by atoms with Crippen molar-refractivity contribution in [3.8, 4) is 0 Å². The van der Waals surface area contributed by atoms with E-state index in [2.05, 4.69) is 31.1 Å². The maximum atomic E-state index is 12.8. The third-order valence-corrected chi connectivity index (χ3v) is 7.90. The molecule has 2 heterocycles. The lowest BCUT2D eigenvalue weighted by atomic mass is 9.72. The normalized spacial score (nSPS) is 20.6. The van der Waals surface area contributed by atoms with Crippen LogP contribution < -0.4 is 10.9 Å². The Morgan fingerprint density at radius 3 is 2.69 bits per heavy atom. The van der Waals surface area contributed by atoms with Gasteiger partial charge in [0.25, 0.3) is 5.56 Å². The molecule has 0 unspecified atom stereocenters. The van der Waals surface area contributed by atoms with E-state index >= 15 is 0 Å². The number of rotatable bonds is 4. The summed E-state index contributed by atoms with van der Waals surface area (Å²) in [6, 6.07) is 0.325. The Morgan fingerprint density at radius 2 is 1.97 bits per heavy atom. The van der Waals surface area contributed by atoms with Crippen molar-refractivity contribution in [2.24, 2.45) is 11.3 Å². The molecule has 5 nitrogen and oxygen atoms in total. The molecule has 1 atom stereocenters. The lowest BCUT2D eigenvalue weighted by Gasteiger charge is -2.33. The van der Waals surface area contributed by atoms with Crippen molar-refractivity contribution < 1.29 is 4.79 Å². The van der Waals surface area contributed by atoms with Crippen LogP contribution >= 0.6 is 11.3 Å². The lowest BCUT2D eigenvalue weighted by Crippen LogP contribution is -2.36. The van der Waals surface area contributed by atoms with Gasteiger partial charge in [-0.15, -0.1) is 11.3 Å². The highest BCUT2D eigenvalue weighted by atomic mass is 32.1. The van der Waals surface area contributed by atoms with Crippen molar-refractivity contribution in [2.75, 3.05) is 0 Å². The highest BCUT2D eigenvalue weighted by Gasteiger charge is 2.31. The molecule has 2 aromatic rings. The van der Waals surface area contributed by atoms with Gasteiger partial charge in [-0.2, -0.15) is 0 Å². The highest BCUT2D eigenvalue weighted by Crippen LogP contribution is 2.41. The van der Waals surface area contributed by atoms with Gasteiger partial charge in [0.15, 0.2) is 0 Å². The minimum Gasteiger partial charge on any atom is -0.353 e. The summed E-state index contributed by atoms with van der Waals surface area (Å²) in [6.45, 7) is 6.91. The van der Waals surface area contributed by atoms with E-state index in [1.165, 1.54) is 29.7 Å². The first-order valence-corrected chi connectivity index (χ1v) is 12.0. The van der Waals surface area contributed by atoms with Crippen LogP contribution in [0.5, 0.6) is 0 Å². The van der Waals surface area contributed by atoms with E-state index in [-0.39, 0.29) is 16.9 Å². The summed E-state index contributed by atoms with van der Waals surface area (Å²) < 4.78 is 0. The van der Waals surface area contributed by atoms with Crippen molar-refractivity contribution in [1.29, 1.82) is 0 Å². The molecule has 158 valence electrons. The van der Waals surface area contributed by atoms with Gasteiger partial charge in [-0.05, 0) is 49.0 Å². The van der Waals surface area contributed by atoms with Gasteiger partial charge >= 0.3 is 0 Å². The van der Waals surface area contributed by atoms with Crippen LogP contribution in [0.3, 0.4) is 0 Å². The average Bonchev–Trinajstić information content (AvgIpc) is 3.04. The van der Waals surface area contributed by atoms with E-state index < -0.39 is 0 Å². The molecule has 1 saturated carbocycles. The third kappa shape index (κ3) is 4.57. The topological polar surface area (TPSA) is 74.8 Å². The minimum atomic E-state index is -0.0376. The number of aromatic nitrogens is 2. The number of nitrogens with one attached hydrogen (secondary N) is 2. The maximum absolute atomic E-state index is 12.8. The molecule has 0 saturated heterocycles. The minimum absolute atomic E-state index is 0.0376. The smallest absolute Gasteiger partial charge is 0.259 e. The molecule has 2 aliphatic carbocycles. The predicted molar refractivity (Wildman–Crippen MR) is 119 cm³/mol. The number of carbonyl (C=O) groups excluding carboxylic acids is 1. The molecule has 6 heteroatoms. The summed E-state index contributed by atoms with van der Waals surface area (Å²) in [5, 5.41) is 3.93. The van der Waals surface area contributed by atoms with E-state index in [4.69, 9.17) is 4.98 Å². The zero-order valence-electron chi connectivity index (χ0n) is 17.9. The molecule has 2 aromatic heterocycles. The number of H-pyrrole nitrogens is 1. The van der Waals surface area contributed by atoms with Crippen LogP contribution in [0.1, 0.15) is 82.0 Å². The van der Waals surface area contributed by atoms with Crippen LogP contribution in [0.25, 0.3) is 10.2 Å². The molecule has 1 amide bonds. The number of carbonyl (C=O) groups is 1. The van der Waals surface area contributed by atoms with E-state index in [0.717, 1.165) is 42.3 Å². The number of fused-ring (bicyclic) bond motifs is 3. The van der Waals surface area contributed by atoms with Gasteiger partial charge in [-0.3, -0.25) is 9.59 Å². The Kier molecular flexibility index (Phi) is 5.83. The Bertz CT molecular complexity index is 947.